The van der Waals surface area contributed by atoms with Gasteiger partial charge >= 0.3 is 12.0 Å². The fourth-order valence-electron chi connectivity index (χ4n) is 3.88. The average molecular weight is 520 g/mol. The van der Waals surface area contributed by atoms with Crippen molar-refractivity contribution in [1.82, 2.24) is 25.3 Å². The minimum Gasteiger partial charge on any atom is -0.481 e. The van der Waals surface area contributed by atoms with E-state index in [9.17, 15) is 19.5 Å². The molecule has 0 saturated carbocycles. The monoisotopic (exact) mass is 519 g/mol. The summed E-state index contributed by atoms with van der Waals surface area (Å²) in [5.41, 5.74) is 0.908. The van der Waals surface area contributed by atoms with Crippen LogP contribution in [-0.4, -0.2) is 62.6 Å². The molecule has 1 aliphatic rings. The highest BCUT2D eigenvalue weighted by Crippen LogP contribution is 2.32. The highest BCUT2D eigenvalue weighted by atomic mass is 16.4. The highest BCUT2D eigenvalue weighted by Gasteiger charge is 2.37. The molecule has 0 aromatic carbocycles. The van der Waals surface area contributed by atoms with E-state index in [0.717, 1.165) is 0 Å². The summed E-state index contributed by atoms with van der Waals surface area (Å²) < 4.78 is 0. The van der Waals surface area contributed by atoms with Gasteiger partial charge in [-0.2, -0.15) is 0 Å². The SMILES string of the molecule is CCNC(=O)Nc1cc(Nc2cccnc2)c(C(=O)Nc2cnc(N3CCC(C)(C(=O)O)CC3)nc2)cn1. The van der Waals surface area contributed by atoms with E-state index in [-0.39, 0.29) is 11.4 Å². The lowest BCUT2D eigenvalue weighted by Crippen LogP contribution is -2.43. The number of carbonyl (C=O) groups excluding carboxylic acids is 2. The summed E-state index contributed by atoms with van der Waals surface area (Å²) in [6.45, 7) is 5.06. The Bertz CT molecular complexity index is 1290. The molecule has 38 heavy (non-hydrogen) atoms. The molecule has 3 aromatic rings. The topological polar surface area (TPSA) is 174 Å². The second kappa shape index (κ2) is 11.5. The first-order valence-electron chi connectivity index (χ1n) is 12.1. The van der Waals surface area contributed by atoms with Gasteiger partial charge in [-0.25, -0.2) is 19.7 Å². The third-order valence-corrected chi connectivity index (χ3v) is 6.23. The van der Waals surface area contributed by atoms with Crippen LogP contribution in [-0.2, 0) is 4.79 Å². The molecule has 13 nitrogen and oxygen atoms in total. The minimum absolute atomic E-state index is 0.225. The second-order valence-electron chi connectivity index (χ2n) is 9.05. The molecule has 1 fully saturated rings. The van der Waals surface area contributed by atoms with Crippen LogP contribution in [0.25, 0.3) is 0 Å². The van der Waals surface area contributed by atoms with Crippen LogP contribution in [0.1, 0.15) is 37.0 Å². The summed E-state index contributed by atoms with van der Waals surface area (Å²) in [5.74, 6) is -0.528. The maximum atomic E-state index is 13.2. The number of urea groups is 1. The number of nitrogens with one attached hydrogen (secondary N) is 4. The number of hydrogen-bond acceptors (Lipinski definition) is 9. The molecule has 3 amide bonds. The van der Waals surface area contributed by atoms with Crippen LogP contribution in [0.15, 0.2) is 49.2 Å². The normalized spacial score (nSPS) is 14.3. The van der Waals surface area contributed by atoms with Crippen LogP contribution in [0.3, 0.4) is 0 Å². The lowest BCUT2D eigenvalue weighted by Gasteiger charge is -2.36. The predicted molar refractivity (Wildman–Crippen MR) is 142 cm³/mol. The third kappa shape index (κ3) is 6.30. The van der Waals surface area contributed by atoms with Crippen molar-refractivity contribution in [1.29, 1.82) is 0 Å². The smallest absolute Gasteiger partial charge is 0.320 e. The maximum absolute atomic E-state index is 13.2. The van der Waals surface area contributed by atoms with Gasteiger partial charge in [-0.1, -0.05) is 0 Å². The number of aliphatic carboxylic acids is 1. The zero-order valence-corrected chi connectivity index (χ0v) is 21.1. The van der Waals surface area contributed by atoms with Crippen molar-refractivity contribution in [2.24, 2.45) is 5.41 Å². The largest absolute Gasteiger partial charge is 0.481 e. The number of hydrogen-bond donors (Lipinski definition) is 5. The molecule has 198 valence electrons. The van der Waals surface area contributed by atoms with E-state index in [1.54, 1.807) is 44.4 Å². The fourth-order valence-corrected chi connectivity index (χ4v) is 3.88. The number of rotatable bonds is 8. The Labute approximate surface area is 219 Å². The summed E-state index contributed by atoms with van der Waals surface area (Å²) in [5, 5.41) is 20.6. The summed E-state index contributed by atoms with van der Waals surface area (Å²) in [6.07, 6.45) is 8.58. The Hall–Kier alpha value is -4.81. The quantitative estimate of drug-likeness (QED) is 0.297. The molecule has 4 heterocycles. The average Bonchev–Trinajstić information content (AvgIpc) is 2.90. The number of aromatic nitrogens is 4. The van der Waals surface area contributed by atoms with Crippen molar-refractivity contribution in [3.63, 3.8) is 0 Å². The lowest BCUT2D eigenvalue weighted by molar-refractivity contribution is -0.149. The number of carbonyl (C=O) groups is 3. The molecular formula is C25H29N9O4. The van der Waals surface area contributed by atoms with Crippen LogP contribution >= 0.6 is 0 Å². The third-order valence-electron chi connectivity index (χ3n) is 6.23. The molecule has 0 bridgehead atoms. The summed E-state index contributed by atoms with van der Waals surface area (Å²) in [6, 6.07) is 4.68. The van der Waals surface area contributed by atoms with Gasteiger partial charge in [0.15, 0.2) is 0 Å². The van der Waals surface area contributed by atoms with E-state index in [4.69, 9.17) is 0 Å². The van der Waals surface area contributed by atoms with E-state index in [1.807, 2.05) is 4.90 Å². The van der Waals surface area contributed by atoms with Crippen LogP contribution in [0.4, 0.5) is 33.6 Å². The fraction of sp³-hybridized carbons (Fsp3) is 0.320. The van der Waals surface area contributed by atoms with Gasteiger partial charge in [0.25, 0.3) is 5.91 Å². The molecule has 0 radical (unpaired) electrons. The summed E-state index contributed by atoms with van der Waals surface area (Å²) in [7, 11) is 0. The Morgan fingerprint density at radius 1 is 1.03 bits per heavy atom. The molecule has 0 spiro atoms. The van der Waals surface area contributed by atoms with Gasteiger partial charge in [0, 0.05) is 38.1 Å². The molecule has 0 unspecified atom stereocenters. The molecule has 0 aliphatic carbocycles. The van der Waals surface area contributed by atoms with E-state index >= 15 is 0 Å². The number of nitrogens with zero attached hydrogens (tertiary/aromatic N) is 5. The van der Waals surface area contributed by atoms with Crippen LogP contribution < -0.4 is 26.2 Å². The number of carboxylic acid groups (broad SMARTS) is 1. The van der Waals surface area contributed by atoms with Crippen molar-refractivity contribution in [3.8, 4) is 0 Å². The predicted octanol–water partition coefficient (Wildman–Crippen LogP) is 3.10. The van der Waals surface area contributed by atoms with Crippen molar-refractivity contribution >= 4 is 46.7 Å². The summed E-state index contributed by atoms with van der Waals surface area (Å²) >= 11 is 0. The molecule has 13 heteroatoms. The zero-order valence-electron chi connectivity index (χ0n) is 21.1. The Morgan fingerprint density at radius 2 is 1.76 bits per heavy atom. The van der Waals surface area contributed by atoms with Crippen molar-refractivity contribution in [2.75, 3.05) is 40.5 Å². The molecule has 4 rings (SSSR count). The number of amides is 3. The molecule has 1 saturated heterocycles. The standard InChI is InChI=1S/C25H29N9O4/c1-3-27-24(38)33-20-11-19(31-16-5-4-8-26-12-16)18(15-28-20)21(35)32-17-13-29-23(30-14-17)34-9-6-25(2,7-10-34)22(36)37/h4-5,8,11-15H,3,6-7,9-10H2,1-2H3,(H,32,35)(H,36,37)(H3,27,28,31,33,38). The number of pyridine rings is 2. The summed E-state index contributed by atoms with van der Waals surface area (Å²) in [4.78, 5) is 55.5. The Balaban J connectivity index is 1.48. The molecule has 5 N–H and O–H groups in total. The van der Waals surface area contributed by atoms with Crippen molar-refractivity contribution < 1.29 is 19.5 Å². The van der Waals surface area contributed by atoms with Crippen molar-refractivity contribution in [3.05, 3.63) is 54.7 Å². The van der Waals surface area contributed by atoms with Gasteiger partial charge < -0.3 is 26.0 Å². The van der Waals surface area contributed by atoms with Crippen LogP contribution in [0.2, 0.25) is 0 Å². The van der Waals surface area contributed by atoms with E-state index in [1.165, 1.54) is 18.6 Å². The van der Waals surface area contributed by atoms with E-state index in [2.05, 4.69) is 41.2 Å². The van der Waals surface area contributed by atoms with Gasteiger partial charge in [0.1, 0.15) is 5.82 Å². The molecule has 0 atom stereocenters. The minimum atomic E-state index is -0.795. The van der Waals surface area contributed by atoms with Crippen molar-refractivity contribution in [2.45, 2.75) is 26.7 Å². The van der Waals surface area contributed by atoms with Gasteiger partial charge in [-0.05, 0) is 38.8 Å². The van der Waals surface area contributed by atoms with Gasteiger partial charge in [-0.15, -0.1) is 0 Å². The lowest BCUT2D eigenvalue weighted by atomic mass is 9.80. The number of anilines is 5. The first-order valence-corrected chi connectivity index (χ1v) is 12.1. The molecular weight excluding hydrogens is 490 g/mol. The number of piperidine rings is 1. The highest BCUT2D eigenvalue weighted by molar-refractivity contribution is 6.08. The molecule has 3 aromatic heterocycles. The van der Waals surface area contributed by atoms with Gasteiger partial charge in [0.05, 0.1) is 46.6 Å². The van der Waals surface area contributed by atoms with Gasteiger partial charge in [0.2, 0.25) is 5.95 Å². The van der Waals surface area contributed by atoms with E-state index < -0.39 is 23.3 Å². The number of carboxylic acids is 1. The van der Waals surface area contributed by atoms with Gasteiger partial charge in [-0.3, -0.25) is 19.9 Å². The van der Waals surface area contributed by atoms with E-state index in [0.29, 0.717) is 55.5 Å². The Kier molecular flexibility index (Phi) is 7.94. The van der Waals surface area contributed by atoms with Crippen LogP contribution in [0.5, 0.6) is 0 Å². The first kappa shape index (κ1) is 26.3. The van der Waals surface area contributed by atoms with Crippen LogP contribution in [0, 0.1) is 5.41 Å². The molecule has 1 aliphatic heterocycles. The first-order chi connectivity index (χ1) is 18.3. The zero-order chi connectivity index (χ0) is 27.1. The second-order valence-corrected chi connectivity index (χ2v) is 9.05. The Morgan fingerprint density at radius 3 is 2.39 bits per heavy atom. The maximum Gasteiger partial charge on any atom is 0.320 e.